The Bertz CT molecular complexity index is 174. The van der Waals surface area contributed by atoms with Gasteiger partial charge >= 0.3 is 0 Å². The van der Waals surface area contributed by atoms with Crippen molar-refractivity contribution in [1.29, 1.82) is 0 Å². The fourth-order valence-electron chi connectivity index (χ4n) is 1.84. The molecule has 3 N–H and O–H groups in total. The minimum atomic E-state index is 0.261. The molecule has 0 aromatic rings. The molecule has 0 spiro atoms. The third-order valence-corrected chi connectivity index (χ3v) is 3.66. The molecule has 1 rings (SSSR count). The van der Waals surface area contributed by atoms with Crippen LogP contribution in [0.1, 0.15) is 40.0 Å². The van der Waals surface area contributed by atoms with Crippen LogP contribution in [0, 0.1) is 5.41 Å². The third-order valence-electron chi connectivity index (χ3n) is 3.66. The van der Waals surface area contributed by atoms with Crippen molar-refractivity contribution in [2.45, 2.75) is 52.2 Å². The Balaban J connectivity index is 2.12. The molecule has 0 aliphatic heterocycles. The van der Waals surface area contributed by atoms with Crippen LogP contribution < -0.4 is 11.1 Å². The van der Waals surface area contributed by atoms with Crippen molar-refractivity contribution in [2.75, 3.05) is 19.7 Å². The zero-order chi connectivity index (χ0) is 11.3. The second-order valence-electron chi connectivity index (χ2n) is 4.99. The van der Waals surface area contributed by atoms with E-state index in [-0.39, 0.29) is 5.41 Å². The topological polar surface area (TPSA) is 47.3 Å². The predicted octanol–water partition coefficient (Wildman–Crippen LogP) is 1.52. The molecule has 0 saturated heterocycles. The van der Waals surface area contributed by atoms with Gasteiger partial charge in [-0.15, -0.1) is 0 Å². The highest BCUT2D eigenvalue weighted by Gasteiger charge is 2.31. The van der Waals surface area contributed by atoms with Crippen molar-refractivity contribution < 1.29 is 4.74 Å². The molecular formula is C12H26N2O. The van der Waals surface area contributed by atoms with Crippen LogP contribution in [0.3, 0.4) is 0 Å². The summed E-state index contributed by atoms with van der Waals surface area (Å²) in [6.45, 7) is 9.15. The normalized spacial score (nSPS) is 29.6. The smallest absolute Gasteiger partial charge is 0.0604 e. The summed E-state index contributed by atoms with van der Waals surface area (Å²) in [7, 11) is 0. The SMILES string of the molecule is CCOC1CC(NCC(C)(CC)CN)C1. The van der Waals surface area contributed by atoms with Gasteiger partial charge in [0, 0.05) is 19.2 Å². The van der Waals surface area contributed by atoms with E-state index >= 15 is 0 Å². The summed E-state index contributed by atoms with van der Waals surface area (Å²) in [4.78, 5) is 0. The first-order chi connectivity index (χ1) is 7.13. The largest absolute Gasteiger partial charge is 0.378 e. The molecule has 1 fully saturated rings. The lowest BCUT2D eigenvalue weighted by Gasteiger charge is -2.38. The molecule has 0 heterocycles. The average molecular weight is 214 g/mol. The van der Waals surface area contributed by atoms with Gasteiger partial charge in [0.2, 0.25) is 0 Å². The molecule has 1 saturated carbocycles. The molecule has 3 heteroatoms. The Morgan fingerprint density at radius 1 is 1.40 bits per heavy atom. The van der Waals surface area contributed by atoms with Crippen molar-refractivity contribution in [1.82, 2.24) is 5.32 Å². The summed E-state index contributed by atoms with van der Waals surface area (Å²) in [5, 5.41) is 3.59. The Kier molecular flexibility index (Phi) is 5.03. The minimum Gasteiger partial charge on any atom is -0.378 e. The Morgan fingerprint density at radius 2 is 2.07 bits per heavy atom. The summed E-state index contributed by atoms with van der Waals surface area (Å²) in [5.74, 6) is 0. The molecular weight excluding hydrogens is 188 g/mol. The molecule has 1 atom stereocenters. The van der Waals surface area contributed by atoms with Crippen LogP contribution in [0.25, 0.3) is 0 Å². The van der Waals surface area contributed by atoms with Crippen LogP contribution in [-0.2, 0) is 4.74 Å². The summed E-state index contributed by atoms with van der Waals surface area (Å²) >= 11 is 0. The van der Waals surface area contributed by atoms with Crippen molar-refractivity contribution in [3.8, 4) is 0 Å². The summed E-state index contributed by atoms with van der Waals surface area (Å²) in [5.41, 5.74) is 6.03. The predicted molar refractivity (Wildman–Crippen MR) is 63.9 cm³/mol. The minimum absolute atomic E-state index is 0.261. The Labute approximate surface area is 93.8 Å². The fraction of sp³-hybridized carbons (Fsp3) is 1.00. The average Bonchev–Trinajstić information content (AvgIpc) is 2.21. The van der Waals surface area contributed by atoms with Crippen molar-refractivity contribution in [3.05, 3.63) is 0 Å². The molecule has 0 aromatic carbocycles. The van der Waals surface area contributed by atoms with E-state index in [0.717, 1.165) is 39.0 Å². The maximum Gasteiger partial charge on any atom is 0.0604 e. The monoisotopic (exact) mass is 214 g/mol. The van der Waals surface area contributed by atoms with E-state index in [0.29, 0.717) is 12.1 Å². The molecule has 1 aliphatic carbocycles. The van der Waals surface area contributed by atoms with Crippen molar-refractivity contribution in [3.63, 3.8) is 0 Å². The van der Waals surface area contributed by atoms with Crippen LogP contribution in [0.2, 0.25) is 0 Å². The van der Waals surface area contributed by atoms with Gasteiger partial charge in [0.15, 0.2) is 0 Å². The second-order valence-corrected chi connectivity index (χ2v) is 4.99. The first-order valence-electron chi connectivity index (χ1n) is 6.18. The first kappa shape index (κ1) is 12.9. The van der Waals surface area contributed by atoms with E-state index < -0.39 is 0 Å². The van der Waals surface area contributed by atoms with Gasteiger partial charge < -0.3 is 15.8 Å². The number of rotatable bonds is 7. The molecule has 15 heavy (non-hydrogen) atoms. The second kappa shape index (κ2) is 5.83. The molecule has 1 aliphatic rings. The summed E-state index contributed by atoms with van der Waals surface area (Å²) < 4.78 is 5.53. The number of nitrogens with two attached hydrogens (primary N) is 1. The van der Waals surface area contributed by atoms with Crippen LogP contribution in [0.4, 0.5) is 0 Å². The molecule has 3 nitrogen and oxygen atoms in total. The van der Waals surface area contributed by atoms with Gasteiger partial charge in [-0.1, -0.05) is 13.8 Å². The van der Waals surface area contributed by atoms with Gasteiger partial charge in [0.1, 0.15) is 0 Å². The number of hydrogen-bond donors (Lipinski definition) is 2. The van der Waals surface area contributed by atoms with Gasteiger partial charge in [-0.25, -0.2) is 0 Å². The van der Waals surface area contributed by atoms with E-state index in [2.05, 4.69) is 26.1 Å². The van der Waals surface area contributed by atoms with E-state index in [1.807, 2.05) is 0 Å². The van der Waals surface area contributed by atoms with Gasteiger partial charge in [-0.05, 0) is 38.1 Å². The zero-order valence-electron chi connectivity index (χ0n) is 10.4. The molecule has 0 aromatic heterocycles. The lowest BCUT2D eigenvalue weighted by Crippen LogP contribution is -2.49. The van der Waals surface area contributed by atoms with Crippen LogP contribution in [0.15, 0.2) is 0 Å². The highest BCUT2D eigenvalue weighted by molar-refractivity contribution is 4.88. The standard InChI is InChI=1S/C12H26N2O/c1-4-12(3,8-13)9-14-10-6-11(7-10)15-5-2/h10-11,14H,4-9,13H2,1-3H3. The molecule has 0 amide bonds. The Hall–Kier alpha value is -0.120. The van der Waals surface area contributed by atoms with Gasteiger partial charge in [0.25, 0.3) is 0 Å². The van der Waals surface area contributed by atoms with Crippen molar-refractivity contribution in [2.24, 2.45) is 11.1 Å². The Morgan fingerprint density at radius 3 is 2.53 bits per heavy atom. The van der Waals surface area contributed by atoms with Crippen LogP contribution >= 0.6 is 0 Å². The highest BCUT2D eigenvalue weighted by Crippen LogP contribution is 2.25. The third kappa shape index (κ3) is 3.74. The number of ether oxygens (including phenoxy) is 1. The van der Waals surface area contributed by atoms with E-state index in [4.69, 9.17) is 10.5 Å². The molecule has 90 valence electrons. The highest BCUT2D eigenvalue weighted by atomic mass is 16.5. The van der Waals surface area contributed by atoms with E-state index in [1.165, 1.54) is 0 Å². The first-order valence-corrected chi connectivity index (χ1v) is 6.18. The lowest BCUT2D eigenvalue weighted by molar-refractivity contribution is -0.0119. The summed E-state index contributed by atoms with van der Waals surface area (Å²) in [6.07, 6.45) is 3.97. The quantitative estimate of drug-likeness (QED) is 0.675. The molecule has 0 bridgehead atoms. The van der Waals surface area contributed by atoms with Crippen LogP contribution in [-0.4, -0.2) is 31.8 Å². The van der Waals surface area contributed by atoms with Gasteiger partial charge in [-0.2, -0.15) is 0 Å². The van der Waals surface area contributed by atoms with Gasteiger partial charge in [-0.3, -0.25) is 0 Å². The molecule has 0 radical (unpaired) electrons. The van der Waals surface area contributed by atoms with E-state index in [1.54, 1.807) is 0 Å². The maximum atomic E-state index is 5.77. The summed E-state index contributed by atoms with van der Waals surface area (Å²) in [6, 6.07) is 0.652. The van der Waals surface area contributed by atoms with Crippen molar-refractivity contribution >= 4 is 0 Å². The lowest BCUT2D eigenvalue weighted by atomic mass is 9.84. The van der Waals surface area contributed by atoms with Crippen LogP contribution in [0.5, 0.6) is 0 Å². The molecule has 1 unspecified atom stereocenters. The number of nitrogens with one attached hydrogen (secondary N) is 1. The number of hydrogen-bond acceptors (Lipinski definition) is 3. The fourth-order valence-corrected chi connectivity index (χ4v) is 1.84. The van der Waals surface area contributed by atoms with E-state index in [9.17, 15) is 0 Å². The maximum absolute atomic E-state index is 5.77. The van der Waals surface area contributed by atoms with Gasteiger partial charge in [0.05, 0.1) is 6.10 Å². The zero-order valence-corrected chi connectivity index (χ0v) is 10.4.